The molecule has 10 heteroatoms. The molecule has 2 aromatic rings. The summed E-state index contributed by atoms with van der Waals surface area (Å²) in [5.74, 6) is 0.488. The summed E-state index contributed by atoms with van der Waals surface area (Å²) < 4.78 is 26.8. The fraction of sp³-hybridized carbons (Fsp3) is 0.308. The number of nitrogens with one attached hydrogen (secondary N) is 2. The summed E-state index contributed by atoms with van der Waals surface area (Å²) in [5, 5.41) is 13.6. The lowest BCUT2D eigenvalue weighted by Crippen LogP contribution is -2.28. The fourth-order valence-electron chi connectivity index (χ4n) is 1.84. The summed E-state index contributed by atoms with van der Waals surface area (Å²) in [6, 6.07) is 4.73. The van der Waals surface area contributed by atoms with Crippen LogP contribution in [0.3, 0.4) is 0 Å². The summed E-state index contributed by atoms with van der Waals surface area (Å²) in [7, 11) is -3.50. The third-order valence-electron chi connectivity index (χ3n) is 2.96. The minimum Gasteiger partial charge on any atom is -0.369 e. The number of aromatic nitrogens is 1. The van der Waals surface area contributed by atoms with Gasteiger partial charge < -0.3 is 5.32 Å². The van der Waals surface area contributed by atoms with E-state index in [1.54, 1.807) is 19.1 Å². The average molecular weight is 356 g/mol. The Kier molecular flexibility index (Phi) is 5.29. The van der Waals surface area contributed by atoms with Crippen LogP contribution < -0.4 is 10.0 Å². The molecule has 2 rings (SSSR count). The second-order valence-corrected chi connectivity index (χ2v) is 8.09. The Bertz CT molecular complexity index is 817. The van der Waals surface area contributed by atoms with Gasteiger partial charge >= 0.3 is 0 Å². The number of aryl methyl sites for hydroxylation is 2. The SMILES string of the molecule is Cc1ccc(S(=O)(=O)NCCNc2ncc([N+](=O)[O-])cc2C)s1. The molecule has 0 atom stereocenters. The molecule has 124 valence electrons. The standard InChI is InChI=1S/C13H16N4O4S2/c1-9-7-11(17(18)19)8-15-13(9)14-5-6-16-23(20,21)12-4-3-10(2)22-12/h3-4,7-8,16H,5-6H2,1-2H3,(H,14,15). The molecule has 23 heavy (non-hydrogen) atoms. The normalized spacial score (nSPS) is 11.4. The van der Waals surface area contributed by atoms with E-state index in [-0.39, 0.29) is 16.4 Å². The molecule has 2 aromatic heterocycles. The van der Waals surface area contributed by atoms with Crippen LogP contribution in [0, 0.1) is 24.0 Å². The highest BCUT2D eigenvalue weighted by molar-refractivity contribution is 7.91. The quantitative estimate of drug-likeness (QED) is 0.446. The summed E-state index contributed by atoms with van der Waals surface area (Å²) in [6.45, 7) is 4.03. The number of rotatable bonds is 7. The average Bonchev–Trinajstić information content (AvgIpc) is 2.92. The highest BCUT2D eigenvalue weighted by atomic mass is 32.2. The van der Waals surface area contributed by atoms with E-state index in [0.29, 0.717) is 17.9 Å². The maximum absolute atomic E-state index is 12.0. The fourth-order valence-corrected chi connectivity index (χ4v) is 4.20. The molecule has 0 spiro atoms. The van der Waals surface area contributed by atoms with Crippen molar-refractivity contribution >= 4 is 32.9 Å². The Labute approximate surface area is 137 Å². The summed E-state index contributed by atoms with van der Waals surface area (Å²) >= 11 is 1.21. The first-order chi connectivity index (χ1) is 10.8. The Hall–Kier alpha value is -2.04. The minimum atomic E-state index is -3.50. The molecule has 0 saturated carbocycles. The number of nitrogens with zero attached hydrogens (tertiary/aromatic N) is 2. The Balaban J connectivity index is 1.89. The van der Waals surface area contributed by atoms with Gasteiger partial charge in [-0.1, -0.05) is 0 Å². The molecule has 0 aliphatic carbocycles. The third-order valence-corrected chi connectivity index (χ3v) is 5.92. The van der Waals surface area contributed by atoms with E-state index in [1.165, 1.54) is 17.4 Å². The van der Waals surface area contributed by atoms with Crippen LogP contribution in [0.2, 0.25) is 0 Å². The van der Waals surface area contributed by atoms with Gasteiger partial charge in [0.25, 0.3) is 5.69 Å². The number of hydrogen-bond acceptors (Lipinski definition) is 7. The third kappa shape index (κ3) is 4.47. The second kappa shape index (κ2) is 7.02. The van der Waals surface area contributed by atoms with Crippen molar-refractivity contribution in [3.05, 3.63) is 45.0 Å². The van der Waals surface area contributed by atoms with E-state index in [0.717, 1.165) is 11.1 Å². The smallest absolute Gasteiger partial charge is 0.287 e. The van der Waals surface area contributed by atoms with Crippen molar-refractivity contribution in [1.82, 2.24) is 9.71 Å². The lowest BCUT2D eigenvalue weighted by Gasteiger charge is -2.09. The van der Waals surface area contributed by atoms with Crippen LogP contribution in [0.25, 0.3) is 0 Å². The van der Waals surface area contributed by atoms with Crippen LogP contribution in [0.4, 0.5) is 11.5 Å². The molecule has 0 radical (unpaired) electrons. The van der Waals surface area contributed by atoms with Gasteiger partial charge in [-0.2, -0.15) is 0 Å². The molecule has 0 bridgehead atoms. The number of anilines is 1. The highest BCUT2D eigenvalue weighted by Crippen LogP contribution is 2.20. The molecule has 0 fully saturated rings. The number of sulfonamides is 1. The van der Waals surface area contributed by atoms with Gasteiger partial charge in [0, 0.05) is 24.0 Å². The van der Waals surface area contributed by atoms with Crippen molar-refractivity contribution in [1.29, 1.82) is 0 Å². The largest absolute Gasteiger partial charge is 0.369 e. The van der Waals surface area contributed by atoms with Crippen molar-refractivity contribution < 1.29 is 13.3 Å². The van der Waals surface area contributed by atoms with E-state index in [9.17, 15) is 18.5 Å². The molecule has 0 aromatic carbocycles. The molecular weight excluding hydrogens is 340 g/mol. The zero-order valence-corrected chi connectivity index (χ0v) is 14.2. The molecule has 2 heterocycles. The molecule has 0 aliphatic rings. The Morgan fingerprint density at radius 2 is 2.04 bits per heavy atom. The molecule has 0 amide bonds. The minimum absolute atomic E-state index is 0.0817. The molecule has 0 aliphatic heterocycles. The van der Waals surface area contributed by atoms with E-state index < -0.39 is 14.9 Å². The first-order valence-corrected chi connectivity index (χ1v) is 9.00. The Morgan fingerprint density at radius 3 is 2.61 bits per heavy atom. The second-order valence-electron chi connectivity index (χ2n) is 4.81. The zero-order valence-electron chi connectivity index (χ0n) is 12.6. The maximum Gasteiger partial charge on any atom is 0.287 e. The highest BCUT2D eigenvalue weighted by Gasteiger charge is 2.15. The van der Waals surface area contributed by atoms with Gasteiger partial charge in [-0.3, -0.25) is 10.1 Å². The lowest BCUT2D eigenvalue weighted by molar-refractivity contribution is -0.385. The predicted molar refractivity (Wildman–Crippen MR) is 88.4 cm³/mol. The van der Waals surface area contributed by atoms with Gasteiger partial charge in [0.05, 0.1) is 4.92 Å². The first kappa shape index (κ1) is 17.3. The Morgan fingerprint density at radius 1 is 1.30 bits per heavy atom. The van der Waals surface area contributed by atoms with Gasteiger partial charge in [-0.15, -0.1) is 11.3 Å². The van der Waals surface area contributed by atoms with E-state index in [4.69, 9.17) is 0 Å². The van der Waals surface area contributed by atoms with Crippen LogP contribution in [-0.4, -0.2) is 31.4 Å². The maximum atomic E-state index is 12.0. The van der Waals surface area contributed by atoms with E-state index in [1.807, 2.05) is 6.92 Å². The molecular formula is C13H16N4O4S2. The molecule has 0 saturated heterocycles. The van der Waals surface area contributed by atoms with Crippen molar-refractivity contribution in [2.45, 2.75) is 18.1 Å². The molecule has 8 nitrogen and oxygen atoms in total. The van der Waals surface area contributed by atoms with Gasteiger partial charge in [-0.05, 0) is 31.5 Å². The van der Waals surface area contributed by atoms with Crippen LogP contribution in [0.1, 0.15) is 10.4 Å². The van der Waals surface area contributed by atoms with Crippen molar-refractivity contribution in [3.63, 3.8) is 0 Å². The van der Waals surface area contributed by atoms with Gasteiger partial charge in [0.15, 0.2) is 0 Å². The van der Waals surface area contributed by atoms with Gasteiger partial charge in [0.1, 0.15) is 16.2 Å². The topological polar surface area (TPSA) is 114 Å². The zero-order chi connectivity index (χ0) is 17.0. The summed E-state index contributed by atoms with van der Waals surface area (Å²) in [5.41, 5.74) is 0.540. The number of thiophene rings is 1. The summed E-state index contributed by atoms with van der Waals surface area (Å²) in [6.07, 6.45) is 1.16. The van der Waals surface area contributed by atoms with E-state index in [2.05, 4.69) is 15.0 Å². The van der Waals surface area contributed by atoms with Crippen molar-refractivity contribution in [2.24, 2.45) is 0 Å². The predicted octanol–water partition coefficient (Wildman–Crippen LogP) is 2.06. The van der Waals surface area contributed by atoms with Gasteiger partial charge in [-0.25, -0.2) is 18.1 Å². The van der Waals surface area contributed by atoms with Crippen LogP contribution >= 0.6 is 11.3 Å². The number of pyridine rings is 1. The monoisotopic (exact) mass is 356 g/mol. The van der Waals surface area contributed by atoms with Crippen molar-refractivity contribution in [3.8, 4) is 0 Å². The van der Waals surface area contributed by atoms with Crippen LogP contribution in [-0.2, 0) is 10.0 Å². The van der Waals surface area contributed by atoms with Crippen molar-refractivity contribution in [2.75, 3.05) is 18.4 Å². The van der Waals surface area contributed by atoms with Gasteiger partial charge in [0.2, 0.25) is 10.0 Å². The summed E-state index contributed by atoms with van der Waals surface area (Å²) in [4.78, 5) is 15.0. The number of hydrogen-bond donors (Lipinski definition) is 2. The molecule has 2 N–H and O–H groups in total. The lowest BCUT2D eigenvalue weighted by atomic mass is 10.2. The molecule has 0 unspecified atom stereocenters. The number of nitro groups is 1. The van der Waals surface area contributed by atoms with Crippen LogP contribution in [0.15, 0.2) is 28.6 Å². The first-order valence-electron chi connectivity index (χ1n) is 6.70. The van der Waals surface area contributed by atoms with Crippen LogP contribution in [0.5, 0.6) is 0 Å². The van der Waals surface area contributed by atoms with E-state index >= 15 is 0 Å².